The van der Waals surface area contributed by atoms with Gasteiger partial charge in [-0.25, -0.2) is 0 Å². The lowest BCUT2D eigenvalue weighted by atomic mass is 10.2. The summed E-state index contributed by atoms with van der Waals surface area (Å²) >= 11 is 0. The molecule has 1 aromatic rings. The van der Waals surface area contributed by atoms with E-state index in [1.807, 2.05) is 12.1 Å². The molecular formula is C17H29O2P. The monoisotopic (exact) mass is 296 g/mol. The number of rotatable bonds is 3. The molecule has 3 heteroatoms. The second-order valence-corrected chi connectivity index (χ2v) is 11.9. The Morgan fingerprint density at radius 3 is 1.75 bits per heavy atom. The maximum absolute atomic E-state index is 5.67. The summed E-state index contributed by atoms with van der Waals surface area (Å²) in [7, 11) is 1.65. The van der Waals surface area contributed by atoms with E-state index in [1.54, 1.807) is 14.2 Å². The molecule has 0 aliphatic rings. The van der Waals surface area contributed by atoms with Crippen molar-refractivity contribution in [3.63, 3.8) is 0 Å². The molecule has 0 saturated carbocycles. The van der Waals surface area contributed by atoms with E-state index in [1.165, 1.54) is 5.30 Å². The van der Waals surface area contributed by atoms with Gasteiger partial charge in [-0.3, -0.25) is 0 Å². The zero-order valence-corrected chi connectivity index (χ0v) is 15.1. The van der Waals surface area contributed by atoms with Gasteiger partial charge in [0, 0.05) is 0 Å². The van der Waals surface area contributed by atoms with E-state index in [2.05, 4.69) is 47.6 Å². The van der Waals surface area contributed by atoms with E-state index < -0.39 is 7.26 Å². The molecule has 114 valence electrons. The van der Waals surface area contributed by atoms with E-state index in [-0.39, 0.29) is 10.3 Å². The number of benzene rings is 1. The lowest BCUT2D eigenvalue weighted by Gasteiger charge is -2.51. The Balaban J connectivity index is 3.68. The Bertz CT molecular complexity index is 453. The smallest absolute Gasteiger partial charge is 0.200 e. The minimum Gasteiger partial charge on any atom is -0.493 e. The van der Waals surface area contributed by atoms with Crippen LogP contribution in [0.2, 0.25) is 0 Å². The van der Waals surface area contributed by atoms with Crippen molar-refractivity contribution in [1.29, 1.82) is 0 Å². The maximum Gasteiger partial charge on any atom is 0.200 e. The Kier molecular flexibility index (Phi) is 4.81. The van der Waals surface area contributed by atoms with Crippen molar-refractivity contribution in [1.82, 2.24) is 0 Å². The molecule has 1 rings (SSSR count). The van der Waals surface area contributed by atoms with Crippen molar-refractivity contribution < 1.29 is 9.47 Å². The van der Waals surface area contributed by atoms with E-state index >= 15 is 0 Å². The average Bonchev–Trinajstić information content (AvgIpc) is 2.33. The minimum absolute atomic E-state index is 0.0882. The van der Waals surface area contributed by atoms with E-state index in [4.69, 9.17) is 16.1 Å². The number of hydrogen-bond donors (Lipinski definition) is 0. The third-order valence-electron chi connectivity index (χ3n) is 4.08. The highest BCUT2D eigenvalue weighted by Crippen LogP contribution is 2.75. The average molecular weight is 296 g/mol. The van der Waals surface area contributed by atoms with Crippen molar-refractivity contribution in [2.45, 2.75) is 51.9 Å². The third-order valence-corrected chi connectivity index (χ3v) is 9.84. The first kappa shape index (κ1) is 17.3. The molecule has 20 heavy (non-hydrogen) atoms. The van der Waals surface area contributed by atoms with Crippen LogP contribution in [0.1, 0.15) is 41.5 Å². The molecule has 0 heterocycles. The van der Waals surface area contributed by atoms with Gasteiger partial charge in [0.1, 0.15) is 5.30 Å². The zero-order valence-electron chi connectivity index (χ0n) is 14.2. The van der Waals surface area contributed by atoms with Crippen LogP contribution in [0.15, 0.2) is 18.2 Å². The van der Waals surface area contributed by atoms with Crippen LogP contribution in [-0.2, 0) is 0 Å². The molecule has 0 fully saturated rings. The number of methoxy groups -OCH3 is 2. The Labute approximate surface area is 125 Å². The fraction of sp³-hybridized carbons (Fsp3) is 0.588. The van der Waals surface area contributed by atoms with Crippen molar-refractivity contribution in [2.24, 2.45) is 0 Å². The Hall–Kier alpha value is -0.750. The topological polar surface area (TPSA) is 18.5 Å². The van der Waals surface area contributed by atoms with Gasteiger partial charge in [-0.05, 0) is 53.7 Å². The van der Waals surface area contributed by atoms with Gasteiger partial charge in [0.05, 0.1) is 24.5 Å². The van der Waals surface area contributed by atoms with Gasteiger partial charge >= 0.3 is 0 Å². The summed E-state index contributed by atoms with van der Waals surface area (Å²) in [6, 6.07) is 6.13. The molecule has 0 aromatic heterocycles. The Morgan fingerprint density at radius 1 is 0.900 bits per heavy atom. The summed E-state index contributed by atoms with van der Waals surface area (Å²) < 4.78 is 11.1. The number of hydrogen-bond acceptors (Lipinski definition) is 2. The molecule has 0 saturated heterocycles. The van der Waals surface area contributed by atoms with Crippen LogP contribution in [-0.4, -0.2) is 24.5 Å². The van der Waals surface area contributed by atoms with Crippen molar-refractivity contribution in [2.75, 3.05) is 14.2 Å². The predicted molar refractivity (Wildman–Crippen MR) is 91.0 cm³/mol. The van der Waals surface area contributed by atoms with Gasteiger partial charge < -0.3 is 9.47 Å². The van der Waals surface area contributed by atoms with Gasteiger partial charge in [-0.15, -0.1) is 0 Å². The van der Waals surface area contributed by atoms with E-state index in [0.29, 0.717) is 0 Å². The number of ether oxygens (including phenoxy) is 2. The molecule has 0 spiro atoms. The molecule has 0 unspecified atom stereocenters. The standard InChI is InChI=1S/C17H29O2P/c1-16(2,3)20(9,17(4,5)6)14-12-10-11-13(18-7)15(14)19-8/h10-12H,9H2,1-8H3. The molecule has 0 N–H and O–H groups in total. The van der Waals surface area contributed by atoms with Crippen molar-refractivity contribution in [3.05, 3.63) is 24.9 Å². The molecule has 0 aliphatic carbocycles. The third kappa shape index (κ3) is 2.68. The highest BCUT2D eigenvalue weighted by Gasteiger charge is 2.51. The summed E-state index contributed by atoms with van der Waals surface area (Å²) in [6.07, 6.45) is 0. The summed E-state index contributed by atoms with van der Waals surface area (Å²) in [4.78, 5) is 0. The maximum atomic E-state index is 5.67. The lowest BCUT2D eigenvalue weighted by molar-refractivity contribution is 0.357. The summed E-state index contributed by atoms with van der Waals surface area (Å²) in [5.41, 5.74) is 0. The van der Waals surface area contributed by atoms with Gasteiger partial charge in [0.15, 0.2) is 5.75 Å². The minimum atomic E-state index is -1.74. The summed E-state index contributed by atoms with van der Waals surface area (Å²) in [5, 5.41) is 1.38. The number of para-hydroxylation sites is 1. The Morgan fingerprint density at radius 2 is 1.40 bits per heavy atom. The van der Waals surface area contributed by atoms with E-state index in [9.17, 15) is 0 Å². The molecule has 0 aliphatic heterocycles. The van der Waals surface area contributed by atoms with Crippen LogP contribution in [0, 0.1) is 6.66 Å². The van der Waals surface area contributed by atoms with Crippen LogP contribution in [0.4, 0.5) is 0 Å². The fourth-order valence-electron chi connectivity index (χ4n) is 2.90. The summed E-state index contributed by atoms with van der Waals surface area (Å²) in [6.45, 7) is 18.4. The van der Waals surface area contributed by atoms with Crippen LogP contribution >= 0.6 is 7.26 Å². The van der Waals surface area contributed by atoms with Crippen molar-refractivity contribution in [3.8, 4) is 11.5 Å². The summed E-state index contributed by atoms with van der Waals surface area (Å²) in [5.74, 6) is 1.62. The molecule has 0 atom stereocenters. The first-order chi connectivity index (χ1) is 9.00. The molecular weight excluding hydrogens is 267 g/mol. The normalized spacial score (nSPS) is 13.2. The van der Waals surface area contributed by atoms with Gasteiger partial charge in [-0.2, -0.15) is 6.66 Å². The van der Waals surface area contributed by atoms with Gasteiger partial charge in [0.25, 0.3) is 0 Å². The van der Waals surface area contributed by atoms with Crippen molar-refractivity contribution >= 4 is 12.6 Å². The largest absolute Gasteiger partial charge is 0.493 e. The first-order valence-electron chi connectivity index (χ1n) is 6.96. The highest BCUT2D eigenvalue weighted by molar-refractivity contribution is 7.86. The van der Waals surface area contributed by atoms with E-state index in [0.717, 1.165) is 11.5 Å². The van der Waals surface area contributed by atoms with Crippen LogP contribution < -0.4 is 14.8 Å². The second-order valence-electron chi connectivity index (χ2n) is 7.16. The first-order valence-corrected chi connectivity index (χ1v) is 8.93. The quantitative estimate of drug-likeness (QED) is 0.593. The van der Waals surface area contributed by atoms with Crippen LogP contribution in [0.3, 0.4) is 0 Å². The van der Waals surface area contributed by atoms with Crippen LogP contribution in [0.25, 0.3) is 0 Å². The zero-order chi connectivity index (χ0) is 15.8. The van der Waals surface area contributed by atoms with Gasteiger partial charge in [0.2, 0.25) is 5.75 Å². The molecule has 0 bridgehead atoms. The SMILES string of the molecule is [CH2-][P+](c1cccc(OC)c1OC)(C(C)(C)C)C(C)(C)C. The predicted octanol–water partition coefficient (Wildman–Crippen LogP) is 4.74. The molecule has 0 radical (unpaired) electrons. The van der Waals surface area contributed by atoms with Crippen LogP contribution in [0.5, 0.6) is 11.5 Å². The molecule has 0 amide bonds. The lowest BCUT2D eigenvalue weighted by Crippen LogP contribution is -2.39. The highest BCUT2D eigenvalue weighted by atomic mass is 31.2. The second kappa shape index (κ2) is 5.56. The van der Waals surface area contributed by atoms with Gasteiger partial charge in [-0.1, -0.05) is 13.3 Å². The fourth-order valence-corrected chi connectivity index (χ4v) is 7.25. The molecule has 1 aromatic carbocycles. The molecule has 2 nitrogen and oxygen atoms in total.